The summed E-state index contributed by atoms with van der Waals surface area (Å²) in [5.74, 6) is 1.62. The van der Waals surface area contributed by atoms with Gasteiger partial charge in [0.2, 0.25) is 0 Å². The van der Waals surface area contributed by atoms with E-state index in [4.69, 9.17) is 4.42 Å². The van der Waals surface area contributed by atoms with Gasteiger partial charge in [0.25, 0.3) is 0 Å². The smallest absolute Gasteiger partial charge is 0.197 e. The monoisotopic (exact) mass is 357 g/mol. The van der Waals surface area contributed by atoms with Crippen LogP contribution in [0.1, 0.15) is 17.6 Å². The van der Waals surface area contributed by atoms with Gasteiger partial charge in [0.15, 0.2) is 11.0 Å². The lowest BCUT2D eigenvalue weighted by Crippen LogP contribution is -1.95. The Labute approximate surface area is 147 Å². The van der Waals surface area contributed by atoms with Crippen molar-refractivity contribution in [2.24, 2.45) is 7.05 Å². The molecule has 0 aliphatic rings. The number of thiophene rings is 1. The van der Waals surface area contributed by atoms with Crippen molar-refractivity contribution in [3.63, 3.8) is 0 Å². The van der Waals surface area contributed by atoms with Gasteiger partial charge in [-0.1, -0.05) is 6.92 Å². The largest absolute Gasteiger partial charge is 0.469 e. The van der Waals surface area contributed by atoms with E-state index in [0.717, 1.165) is 44.0 Å². The van der Waals surface area contributed by atoms with E-state index in [-0.39, 0.29) is 0 Å². The Hall–Kier alpha value is -2.19. The number of hydrogen-bond donors (Lipinski definition) is 0. The SMILES string of the molecule is CCc1cc2c(Sc3nnc(-c4ccoc4C)n3C)ncnc2s1. The van der Waals surface area contributed by atoms with Gasteiger partial charge in [-0.05, 0) is 37.2 Å². The van der Waals surface area contributed by atoms with E-state index in [1.807, 2.05) is 24.6 Å². The molecule has 0 radical (unpaired) electrons. The average molecular weight is 357 g/mol. The fourth-order valence-electron chi connectivity index (χ4n) is 2.48. The Morgan fingerprint density at radius 3 is 2.92 bits per heavy atom. The first kappa shape index (κ1) is 15.3. The van der Waals surface area contributed by atoms with Gasteiger partial charge in [-0.15, -0.1) is 21.5 Å². The van der Waals surface area contributed by atoms with Gasteiger partial charge in [0.05, 0.1) is 11.8 Å². The van der Waals surface area contributed by atoms with Gasteiger partial charge < -0.3 is 8.98 Å². The maximum Gasteiger partial charge on any atom is 0.197 e. The highest BCUT2D eigenvalue weighted by Gasteiger charge is 2.17. The van der Waals surface area contributed by atoms with Crippen molar-refractivity contribution >= 4 is 33.3 Å². The molecule has 0 aliphatic carbocycles. The molecule has 0 N–H and O–H groups in total. The fraction of sp³-hybridized carbons (Fsp3) is 0.250. The maximum absolute atomic E-state index is 5.37. The topological polar surface area (TPSA) is 69.6 Å². The molecule has 0 unspecified atom stereocenters. The molecule has 122 valence electrons. The molecular weight excluding hydrogens is 342 g/mol. The molecule has 0 bridgehead atoms. The molecule has 4 aromatic heterocycles. The number of rotatable bonds is 4. The molecule has 24 heavy (non-hydrogen) atoms. The van der Waals surface area contributed by atoms with Crippen molar-refractivity contribution in [3.05, 3.63) is 35.4 Å². The van der Waals surface area contributed by atoms with Crippen molar-refractivity contribution in [2.75, 3.05) is 0 Å². The molecule has 0 spiro atoms. The van der Waals surface area contributed by atoms with Crippen LogP contribution in [0.3, 0.4) is 0 Å². The molecular formula is C16H15N5OS2. The van der Waals surface area contributed by atoms with E-state index < -0.39 is 0 Å². The quantitative estimate of drug-likeness (QED) is 0.512. The third-order valence-corrected chi connectivity index (χ3v) is 6.06. The molecule has 4 heterocycles. The summed E-state index contributed by atoms with van der Waals surface area (Å²) in [5.41, 5.74) is 0.952. The van der Waals surface area contributed by atoms with Crippen LogP contribution in [0.4, 0.5) is 0 Å². The van der Waals surface area contributed by atoms with Gasteiger partial charge >= 0.3 is 0 Å². The summed E-state index contributed by atoms with van der Waals surface area (Å²) in [6.07, 6.45) is 4.27. The molecule has 0 aromatic carbocycles. The van der Waals surface area contributed by atoms with E-state index in [2.05, 4.69) is 33.2 Å². The zero-order chi connectivity index (χ0) is 16.7. The van der Waals surface area contributed by atoms with Crippen molar-refractivity contribution in [1.82, 2.24) is 24.7 Å². The first-order chi connectivity index (χ1) is 11.7. The second-order valence-electron chi connectivity index (χ2n) is 5.32. The second-order valence-corrected chi connectivity index (χ2v) is 7.39. The molecule has 0 fully saturated rings. The fourth-order valence-corrected chi connectivity index (χ4v) is 4.32. The molecule has 0 amide bonds. The van der Waals surface area contributed by atoms with E-state index in [1.54, 1.807) is 23.9 Å². The Morgan fingerprint density at radius 1 is 1.29 bits per heavy atom. The van der Waals surface area contributed by atoms with Crippen LogP contribution in [-0.2, 0) is 13.5 Å². The molecule has 4 aromatic rings. The molecule has 4 rings (SSSR count). The summed E-state index contributed by atoms with van der Waals surface area (Å²) in [5, 5.41) is 11.4. The summed E-state index contributed by atoms with van der Waals surface area (Å²) in [7, 11) is 1.95. The highest BCUT2D eigenvalue weighted by atomic mass is 32.2. The van der Waals surface area contributed by atoms with Crippen LogP contribution in [0.5, 0.6) is 0 Å². The number of hydrogen-bond acceptors (Lipinski definition) is 7. The third kappa shape index (κ3) is 2.51. The van der Waals surface area contributed by atoms with Gasteiger partial charge in [0.1, 0.15) is 21.9 Å². The van der Waals surface area contributed by atoms with Gasteiger partial charge in [-0.2, -0.15) is 0 Å². The van der Waals surface area contributed by atoms with Crippen LogP contribution in [0, 0.1) is 6.92 Å². The van der Waals surface area contributed by atoms with Crippen molar-refractivity contribution < 1.29 is 4.42 Å². The van der Waals surface area contributed by atoms with Gasteiger partial charge in [-0.3, -0.25) is 0 Å². The number of fused-ring (bicyclic) bond motifs is 1. The molecule has 0 atom stereocenters. The van der Waals surface area contributed by atoms with Crippen LogP contribution in [-0.4, -0.2) is 24.7 Å². The lowest BCUT2D eigenvalue weighted by molar-refractivity contribution is 0.534. The third-order valence-electron chi connectivity index (χ3n) is 3.81. The van der Waals surface area contributed by atoms with Crippen LogP contribution < -0.4 is 0 Å². The molecule has 0 aliphatic heterocycles. The average Bonchev–Trinajstić information content (AvgIpc) is 3.27. The molecule has 0 saturated heterocycles. The second kappa shape index (κ2) is 6.03. The minimum Gasteiger partial charge on any atom is -0.469 e. The Balaban J connectivity index is 1.73. The van der Waals surface area contributed by atoms with Crippen molar-refractivity contribution in [2.45, 2.75) is 30.5 Å². The number of aryl methyl sites for hydroxylation is 2. The summed E-state index contributed by atoms with van der Waals surface area (Å²) < 4.78 is 7.33. The first-order valence-corrected chi connectivity index (χ1v) is 9.15. The standard InChI is InChI=1S/C16H15N5OS2/c1-4-10-7-12-14(23-10)17-8-18-15(12)24-16-20-19-13(21(16)3)11-5-6-22-9(11)2/h5-8H,4H2,1-3H3. The van der Waals surface area contributed by atoms with Crippen molar-refractivity contribution in [1.29, 1.82) is 0 Å². The predicted molar refractivity (Wildman–Crippen MR) is 94.4 cm³/mol. The van der Waals surface area contributed by atoms with Crippen LogP contribution in [0.25, 0.3) is 21.6 Å². The molecule has 6 nitrogen and oxygen atoms in total. The highest BCUT2D eigenvalue weighted by molar-refractivity contribution is 7.99. The summed E-state index contributed by atoms with van der Waals surface area (Å²) >= 11 is 3.22. The summed E-state index contributed by atoms with van der Waals surface area (Å²) in [6.45, 7) is 4.07. The minimum atomic E-state index is 0.786. The normalized spacial score (nSPS) is 11.5. The molecule has 0 saturated carbocycles. The highest BCUT2D eigenvalue weighted by Crippen LogP contribution is 2.35. The summed E-state index contributed by atoms with van der Waals surface area (Å²) in [4.78, 5) is 11.1. The van der Waals surface area contributed by atoms with E-state index in [9.17, 15) is 0 Å². The lowest BCUT2D eigenvalue weighted by atomic mass is 10.2. The van der Waals surface area contributed by atoms with Crippen molar-refractivity contribution in [3.8, 4) is 11.4 Å². The van der Waals surface area contributed by atoms with E-state index in [0.29, 0.717) is 0 Å². The zero-order valence-corrected chi connectivity index (χ0v) is 15.1. The number of furan rings is 1. The Kier molecular flexibility index (Phi) is 3.85. The number of aromatic nitrogens is 5. The van der Waals surface area contributed by atoms with Crippen LogP contribution in [0.15, 0.2) is 39.3 Å². The van der Waals surface area contributed by atoms with Gasteiger partial charge in [0, 0.05) is 17.3 Å². The Morgan fingerprint density at radius 2 is 2.17 bits per heavy atom. The number of nitrogens with zero attached hydrogens (tertiary/aromatic N) is 5. The van der Waals surface area contributed by atoms with E-state index in [1.165, 1.54) is 16.6 Å². The van der Waals surface area contributed by atoms with E-state index >= 15 is 0 Å². The van der Waals surface area contributed by atoms with Crippen LogP contribution in [0.2, 0.25) is 0 Å². The lowest BCUT2D eigenvalue weighted by Gasteiger charge is -2.03. The maximum atomic E-state index is 5.37. The first-order valence-electron chi connectivity index (χ1n) is 7.52. The van der Waals surface area contributed by atoms with Gasteiger partial charge in [-0.25, -0.2) is 9.97 Å². The molecule has 8 heteroatoms. The zero-order valence-electron chi connectivity index (χ0n) is 13.5. The van der Waals surface area contributed by atoms with Crippen LogP contribution >= 0.6 is 23.1 Å². The Bertz CT molecular complexity index is 1020. The minimum absolute atomic E-state index is 0.786. The predicted octanol–water partition coefficient (Wildman–Crippen LogP) is 4.10. The summed E-state index contributed by atoms with van der Waals surface area (Å²) in [6, 6.07) is 4.07.